The van der Waals surface area contributed by atoms with E-state index in [1.54, 1.807) is 22.9 Å². The Kier molecular flexibility index (Phi) is 6.44. The number of likely N-dealkylation sites (tertiary alicyclic amines) is 1. The monoisotopic (exact) mass is 491 g/mol. The molecule has 186 valence electrons. The minimum absolute atomic E-state index is 0.0358. The van der Waals surface area contributed by atoms with Gasteiger partial charge in [0.15, 0.2) is 17.1 Å². The third-order valence-electron chi connectivity index (χ3n) is 6.62. The highest BCUT2D eigenvalue weighted by molar-refractivity contribution is 5.85. The molecule has 0 saturated carbocycles. The van der Waals surface area contributed by atoms with E-state index in [1.165, 1.54) is 6.07 Å². The fourth-order valence-corrected chi connectivity index (χ4v) is 4.61. The first-order valence-electron chi connectivity index (χ1n) is 12.0. The number of anilines is 2. The molecule has 0 radical (unpaired) electrons. The molecule has 1 saturated heterocycles. The van der Waals surface area contributed by atoms with E-state index in [2.05, 4.69) is 37.4 Å². The third kappa shape index (κ3) is 4.68. The Labute approximate surface area is 207 Å². The van der Waals surface area contributed by atoms with Crippen molar-refractivity contribution in [2.75, 3.05) is 25.5 Å². The second kappa shape index (κ2) is 9.69. The lowest BCUT2D eigenvalue weighted by Gasteiger charge is -2.28. The Morgan fingerprint density at radius 1 is 1.06 bits per heavy atom. The van der Waals surface area contributed by atoms with Crippen molar-refractivity contribution in [1.82, 2.24) is 29.6 Å². The Balaban J connectivity index is 1.45. The van der Waals surface area contributed by atoms with Crippen molar-refractivity contribution >= 4 is 22.7 Å². The molecule has 0 spiro atoms. The second-order valence-electron chi connectivity index (χ2n) is 9.47. The van der Waals surface area contributed by atoms with Crippen LogP contribution in [0.4, 0.5) is 20.5 Å². The highest BCUT2D eigenvalue weighted by Gasteiger charge is 2.20. The summed E-state index contributed by atoms with van der Waals surface area (Å²) in [5, 5.41) is 11.5. The number of hydrogen-bond donors (Lipinski definition) is 1. The van der Waals surface area contributed by atoms with Crippen LogP contribution in [0.25, 0.3) is 22.2 Å². The van der Waals surface area contributed by atoms with Crippen LogP contribution in [0, 0.1) is 11.6 Å². The van der Waals surface area contributed by atoms with Gasteiger partial charge in [0.25, 0.3) is 0 Å². The van der Waals surface area contributed by atoms with E-state index in [1.807, 2.05) is 19.9 Å². The topological polar surface area (TPSA) is 88.8 Å². The van der Waals surface area contributed by atoms with Gasteiger partial charge in [0.2, 0.25) is 5.95 Å². The summed E-state index contributed by atoms with van der Waals surface area (Å²) < 4.78 is 31.6. The number of piperidine rings is 1. The number of halogens is 2. The van der Waals surface area contributed by atoms with E-state index >= 15 is 4.39 Å². The predicted molar refractivity (Wildman–Crippen MR) is 134 cm³/mol. The zero-order valence-corrected chi connectivity index (χ0v) is 20.4. The minimum Gasteiger partial charge on any atom is -0.345 e. The maximum absolute atomic E-state index is 15.0. The Morgan fingerprint density at radius 2 is 1.83 bits per heavy atom. The summed E-state index contributed by atoms with van der Waals surface area (Å²) in [6.07, 6.45) is 4.70. The van der Waals surface area contributed by atoms with Gasteiger partial charge in [-0.15, -0.1) is 5.10 Å². The van der Waals surface area contributed by atoms with Gasteiger partial charge < -0.3 is 14.8 Å². The summed E-state index contributed by atoms with van der Waals surface area (Å²) in [7, 11) is 2.11. The average Bonchev–Trinajstić information content (AvgIpc) is 2.86. The van der Waals surface area contributed by atoms with Gasteiger partial charge in [0.1, 0.15) is 11.5 Å². The fourth-order valence-electron chi connectivity index (χ4n) is 4.61. The fraction of sp³-hybridized carbons (Fsp3) is 0.346. The van der Waals surface area contributed by atoms with E-state index in [4.69, 9.17) is 0 Å². The highest BCUT2D eigenvalue weighted by atomic mass is 19.1. The molecule has 0 amide bonds. The number of hydrogen-bond acceptors (Lipinski definition) is 7. The Hall–Kier alpha value is -3.79. The van der Waals surface area contributed by atoms with E-state index in [0.29, 0.717) is 17.3 Å². The van der Waals surface area contributed by atoms with Crippen LogP contribution >= 0.6 is 0 Å². The van der Waals surface area contributed by atoms with E-state index in [-0.39, 0.29) is 28.6 Å². The van der Waals surface area contributed by atoms with Crippen LogP contribution in [0.1, 0.15) is 44.3 Å². The Bertz CT molecular complexity index is 1460. The number of benzene rings is 1. The van der Waals surface area contributed by atoms with Gasteiger partial charge in [0, 0.05) is 29.8 Å². The summed E-state index contributed by atoms with van der Waals surface area (Å²) >= 11 is 0. The molecule has 0 atom stereocenters. The lowest BCUT2D eigenvalue weighted by atomic mass is 9.94. The molecule has 4 heterocycles. The van der Waals surface area contributed by atoms with Crippen molar-refractivity contribution in [3.63, 3.8) is 0 Å². The summed E-state index contributed by atoms with van der Waals surface area (Å²) in [6, 6.07) is 7.72. The predicted octanol–water partition coefficient (Wildman–Crippen LogP) is 4.66. The Morgan fingerprint density at radius 3 is 2.53 bits per heavy atom. The van der Waals surface area contributed by atoms with Crippen LogP contribution in [0.3, 0.4) is 0 Å². The molecule has 10 heteroatoms. The largest absolute Gasteiger partial charge is 0.345 e. The van der Waals surface area contributed by atoms with Crippen LogP contribution < -0.4 is 10.7 Å². The smallest absolute Gasteiger partial charge is 0.229 e. The highest BCUT2D eigenvalue weighted by Crippen LogP contribution is 2.29. The molecule has 0 bridgehead atoms. The SMILES string of the molecule is CC(C)n1ccc(=O)c2c(F)cc(-c3nc(Nc4ccc(C5CCN(C)CC5)nn4)ncc3F)cc21. The molecule has 0 aliphatic carbocycles. The first-order chi connectivity index (χ1) is 17.3. The number of rotatable bonds is 5. The molecule has 4 aromatic rings. The lowest BCUT2D eigenvalue weighted by molar-refractivity contribution is 0.253. The van der Waals surface area contributed by atoms with E-state index in [9.17, 15) is 9.18 Å². The van der Waals surface area contributed by atoms with Gasteiger partial charge in [-0.05, 0) is 71.1 Å². The van der Waals surface area contributed by atoms with E-state index < -0.39 is 17.1 Å². The molecule has 8 nitrogen and oxygen atoms in total. The average molecular weight is 492 g/mol. The summed E-state index contributed by atoms with van der Waals surface area (Å²) in [5.74, 6) is -0.546. The molecule has 0 unspecified atom stereocenters. The molecule has 1 aromatic carbocycles. The molecule has 1 aliphatic heterocycles. The van der Waals surface area contributed by atoms with E-state index in [0.717, 1.165) is 43.9 Å². The standard InChI is InChI=1S/C26H27F2N7O/c1-15(2)35-11-8-22(36)24-18(27)12-17(13-21(24)35)25-19(28)14-29-26(31-25)30-23-5-4-20(32-33-23)16-6-9-34(3)10-7-16/h4-5,8,11-16H,6-7,9-10H2,1-3H3,(H,29,30,31,33). The summed E-state index contributed by atoms with van der Waals surface area (Å²) in [5.41, 5.74) is 0.994. The molecule has 1 aliphatic rings. The van der Waals surface area contributed by atoms with Crippen molar-refractivity contribution in [2.24, 2.45) is 0 Å². The number of fused-ring (bicyclic) bond motifs is 1. The summed E-state index contributed by atoms with van der Waals surface area (Å²) in [6.45, 7) is 5.89. The molecule has 5 rings (SSSR count). The molecule has 36 heavy (non-hydrogen) atoms. The van der Waals surface area contributed by atoms with Gasteiger partial charge in [-0.2, -0.15) is 5.10 Å². The van der Waals surface area contributed by atoms with Crippen LogP contribution in [0.2, 0.25) is 0 Å². The maximum atomic E-state index is 15.0. The van der Waals surface area contributed by atoms with Crippen molar-refractivity contribution in [3.05, 3.63) is 70.3 Å². The maximum Gasteiger partial charge on any atom is 0.229 e. The molecular formula is C26H27F2N7O. The third-order valence-corrected chi connectivity index (χ3v) is 6.62. The lowest BCUT2D eigenvalue weighted by Crippen LogP contribution is -2.29. The van der Waals surface area contributed by atoms with Gasteiger partial charge >= 0.3 is 0 Å². The van der Waals surface area contributed by atoms with Crippen molar-refractivity contribution in [3.8, 4) is 11.3 Å². The number of aromatic nitrogens is 5. The quantitative estimate of drug-likeness (QED) is 0.434. The minimum atomic E-state index is -0.731. The zero-order valence-electron chi connectivity index (χ0n) is 20.4. The van der Waals surface area contributed by atoms with Crippen LogP contribution in [-0.4, -0.2) is 49.8 Å². The van der Waals surface area contributed by atoms with Crippen molar-refractivity contribution in [2.45, 2.75) is 38.6 Å². The molecular weight excluding hydrogens is 464 g/mol. The normalized spacial score (nSPS) is 15.1. The van der Waals surface area contributed by atoms with Gasteiger partial charge in [-0.3, -0.25) is 4.79 Å². The first-order valence-corrected chi connectivity index (χ1v) is 12.0. The molecule has 1 N–H and O–H groups in total. The first kappa shape index (κ1) is 23.9. The number of nitrogens with zero attached hydrogens (tertiary/aromatic N) is 6. The zero-order chi connectivity index (χ0) is 25.4. The van der Waals surface area contributed by atoms with Gasteiger partial charge in [-0.25, -0.2) is 18.7 Å². The van der Waals surface area contributed by atoms with Crippen LogP contribution in [-0.2, 0) is 0 Å². The van der Waals surface area contributed by atoms with Crippen LogP contribution in [0.5, 0.6) is 0 Å². The molecule has 1 fully saturated rings. The van der Waals surface area contributed by atoms with Crippen molar-refractivity contribution in [1.29, 1.82) is 0 Å². The number of nitrogens with one attached hydrogen (secondary N) is 1. The summed E-state index contributed by atoms with van der Waals surface area (Å²) in [4.78, 5) is 22.9. The molecule has 3 aromatic heterocycles. The van der Waals surface area contributed by atoms with Crippen molar-refractivity contribution < 1.29 is 8.78 Å². The second-order valence-corrected chi connectivity index (χ2v) is 9.47. The van der Waals surface area contributed by atoms with Gasteiger partial charge in [-0.1, -0.05) is 0 Å². The number of pyridine rings is 1. The van der Waals surface area contributed by atoms with Gasteiger partial charge in [0.05, 0.1) is 22.8 Å². The van der Waals surface area contributed by atoms with Crippen LogP contribution in [0.15, 0.2) is 47.5 Å².